The van der Waals surface area contributed by atoms with Crippen molar-refractivity contribution in [2.24, 2.45) is 0 Å². The third-order valence-corrected chi connectivity index (χ3v) is 4.05. The van der Waals surface area contributed by atoms with E-state index in [0.717, 1.165) is 20.9 Å². The van der Waals surface area contributed by atoms with Gasteiger partial charge in [-0.15, -0.1) is 11.3 Å². The van der Waals surface area contributed by atoms with Gasteiger partial charge in [0.1, 0.15) is 5.75 Å². The molecule has 0 fully saturated rings. The van der Waals surface area contributed by atoms with Crippen molar-refractivity contribution in [2.75, 3.05) is 6.61 Å². The van der Waals surface area contributed by atoms with E-state index >= 15 is 0 Å². The first kappa shape index (κ1) is 14.1. The second-order valence-corrected chi connectivity index (χ2v) is 6.34. The molecule has 2 aromatic rings. The molecule has 1 heterocycles. The molecule has 0 unspecified atom stereocenters. The minimum absolute atomic E-state index is 0.0137. The van der Waals surface area contributed by atoms with Crippen LogP contribution in [0.25, 0.3) is 0 Å². The van der Waals surface area contributed by atoms with Crippen LogP contribution in [0.2, 0.25) is 5.02 Å². The first-order valence-electron chi connectivity index (χ1n) is 5.96. The lowest BCUT2D eigenvalue weighted by Crippen LogP contribution is -2.11. The summed E-state index contributed by atoms with van der Waals surface area (Å²) in [4.78, 5) is 14.2. The van der Waals surface area contributed by atoms with E-state index in [0.29, 0.717) is 10.8 Å². The highest BCUT2D eigenvalue weighted by Gasteiger charge is 2.13. The number of hydrogen-bond donors (Lipinski definition) is 0. The fourth-order valence-electron chi connectivity index (χ4n) is 1.85. The predicted octanol–water partition coefficient (Wildman–Crippen LogP) is 4.59. The zero-order valence-corrected chi connectivity index (χ0v) is 12.7. The second kappa shape index (κ2) is 5.76. The number of hydrogen-bond acceptors (Lipinski definition) is 3. The average molecular weight is 295 g/mol. The molecule has 1 aromatic carbocycles. The lowest BCUT2D eigenvalue weighted by Gasteiger charge is -2.07. The van der Waals surface area contributed by atoms with Gasteiger partial charge in [0.05, 0.1) is 5.02 Å². The molecule has 0 aliphatic carbocycles. The van der Waals surface area contributed by atoms with E-state index in [4.69, 9.17) is 16.3 Å². The zero-order chi connectivity index (χ0) is 14.0. The molecule has 100 valence electrons. The van der Waals surface area contributed by atoms with Crippen LogP contribution in [0.3, 0.4) is 0 Å². The van der Waals surface area contributed by atoms with Gasteiger partial charge in [0.2, 0.25) is 5.78 Å². The predicted molar refractivity (Wildman–Crippen MR) is 79.8 cm³/mol. The van der Waals surface area contributed by atoms with Crippen molar-refractivity contribution in [2.45, 2.75) is 20.8 Å². The summed E-state index contributed by atoms with van der Waals surface area (Å²) in [5.74, 6) is 0.531. The van der Waals surface area contributed by atoms with Crippen LogP contribution in [-0.4, -0.2) is 12.4 Å². The Morgan fingerprint density at radius 3 is 2.58 bits per heavy atom. The van der Waals surface area contributed by atoms with Crippen LogP contribution in [0.4, 0.5) is 0 Å². The molecule has 0 aliphatic rings. The van der Waals surface area contributed by atoms with Gasteiger partial charge in [-0.1, -0.05) is 17.7 Å². The first-order valence-corrected chi connectivity index (χ1v) is 7.16. The summed E-state index contributed by atoms with van der Waals surface area (Å²) >= 11 is 7.68. The Balaban J connectivity index is 2.06. The number of ketones is 1. The SMILES string of the molecule is Cc1ccc(OCC(=O)c2cc(C)sc2C)c(Cl)c1. The highest BCUT2D eigenvalue weighted by molar-refractivity contribution is 7.12. The second-order valence-electron chi connectivity index (χ2n) is 4.47. The number of rotatable bonds is 4. The van der Waals surface area contributed by atoms with E-state index in [2.05, 4.69) is 0 Å². The largest absolute Gasteiger partial charge is 0.484 e. The van der Waals surface area contributed by atoms with Gasteiger partial charge in [-0.05, 0) is 44.5 Å². The lowest BCUT2D eigenvalue weighted by atomic mass is 10.2. The quantitative estimate of drug-likeness (QED) is 0.771. The molecule has 0 radical (unpaired) electrons. The van der Waals surface area contributed by atoms with Gasteiger partial charge >= 0.3 is 0 Å². The minimum Gasteiger partial charge on any atom is -0.484 e. The molecule has 0 saturated carbocycles. The Hall–Kier alpha value is -1.32. The van der Waals surface area contributed by atoms with Crippen molar-refractivity contribution in [3.05, 3.63) is 50.2 Å². The Morgan fingerprint density at radius 2 is 2.00 bits per heavy atom. The molecule has 0 bridgehead atoms. The number of benzene rings is 1. The molecular formula is C15H15ClO2S. The number of carbonyl (C=O) groups excluding carboxylic acids is 1. The van der Waals surface area contributed by atoms with Crippen LogP contribution in [0.1, 0.15) is 25.7 Å². The van der Waals surface area contributed by atoms with E-state index in [-0.39, 0.29) is 12.4 Å². The van der Waals surface area contributed by atoms with Crippen LogP contribution in [0.15, 0.2) is 24.3 Å². The highest BCUT2D eigenvalue weighted by atomic mass is 35.5. The molecule has 2 rings (SSSR count). The van der Waals surface area contributed by atoms with E-state index in [1.807, 2.05) is 39.0 Å². The average Bonchev–Trinajstić information content (AvgIpc) is 2.67. The smallest absolute Gasteiger partial charge is 0.201 e. The van der Waals surface area contributed by atoms with Gasteiger partial charge in [0.15, 0.2) is 6.61 Å². The zero-order valence-electron chi connectivity index (χ0n) is 11.1. The Bertz CT molecular complexity index is 617. The van der Waals surface area contributed by atoms with E-state index in [9.17, 15) is 4.79 Å². The van der Waals surface area contributed by atoms with E-state index < -0.39 is 0 Å². The molecule has 2 nitrogen and oxygen atoms in total. The summed E-state index contributed by atoms with van der Waals surface area (Å²) in [7, 11) is 0. The number of carbonyl (C=O) groups is 1. The maximum atomic E-state index is 12.1. The molecule has 1 aromatic heterocycles. The number of halogens is 1. The van der Waals surface area contributed by atoms with Crippen molar-refractivity contribution in [1.29, 1.82) is 0 Å². The summed E-state index contributed by atoms with van der Waals surface area (Å²) in [6.45, 7) is 5.91. The monoisotopic (exact) mass is 294 g/mol. The molecule has 0 amide bonds. The van der Waals surface area contributed by atoms with E-state index in [1.54, 1.807) is 17.4 Å². The molecule has 0 atom stereocenters. The summed E-state index contributed by atoms with van der Waals surface area (Å²) in [5, 5.41) is 0.533. The van der Waals surface area contributed by atoms with Crippen molar-refractivity contribution >= 4 is 28.7 Å². The number of thiophene rings is 1. The normalized spacial score (nSPS) is 10.5. The van der Waals surface area contributed by atoms with Crippen LogP contribution in [-0.2, 0) is 0 Å². The number of ether oxygens (including phenoxy) is 1. The summed E-state index contributed by atoms with van der Waals surface area (Å²) < 4.78 is 5.50. The third kappa shape index (κ3) is 3.37. The number of aryl methyl sites for hydroxylation is 3. The Morgan fingerprint density at radius 1 is 1.26 bits per heavy atom. The first-order chi connectivity index (χ1) is 8.97. The summed E-state index contributed by atoms with van der Waals surface area (Å²) in [6, 6.07) is 7.42. The molecule has 0 spiro atoms. The maximum Gasteiger partial charge on any atom is 0.201 e. The van der Waals surface area contributed by atoms with Crippen molar-refractivity contribution in [1.82, 2.24) is 0 Å². The molecule has 0 saturated heterocycles. The van der Waals surface area contributed by atoms with Gasteiger partial charge in [-0.25, -0.2) is 0 Å². The fraction of sp³-hybridized carbons (Fsp3) is 0.267. The lowest BCUT2D eigenvalue weighted by molar-refractivity contribution is 0.0921. The fourth-order valence-corrected chi connectivity index (χ4v) is 3.08. The molecule has 19 heavy (non-hydrogen) atoms. The van der Waals surface area contributed by atoms with Crippen molar-refractivity contribution < 1.29 is 9.53 Å². The number of Topliss-reactive ketones (excluding diaryl/α,β-unsaturated/α-hetero) is 1. The van der Waals surface area contributed by atoms with Crippen LogP contribution >= 0.6 is 22.9 Å². The minimum atomic E-state index is -0.0153. The van der Waals surface area contributed by atoms with Crippen LogP contribution in [0, 0.1) is 20.8 Å². The van der Waals surface area contributed by atoms with Crippen molar-refractivity contribution in [3.63, 3.8) is 0 Å². The van der Waals surface area contributed by atoms with Gasteiger partial charge in [-0.2, -0.15) is 0 Å². The molecule has 0 aliphatic heterocycles. The van der Waals surface area contributed by atoms with E-state index in [1.165, 1.54) is 0 Å². The van der Waals surface area contributed by atoms with Crippen LogP contribution < -0.4 is 4.74 Å². The topological polar surface area (TPSA) is 26.3 Å². The molecular weight excluding hydrogens is 280 g/mol. The maximum absolute atomic E-state index is 12.1. The summed E-state index contributed by atoms with van der Waals surface area (Å²) in [5.41, 5.74) is 1.80. The third-order valence-electron chi connectivity index (χ3n) is 2.79. The van der Waals surface area contributed by atoms with Gasteiger partial charge in [0.25, 0.3) is 0 Å². The van der Waals surface area contributed by atoms with Gasteiger partial charge < -0.3 is 4.74 Å². The molecule has 0 N–H and O–H groups in total. The van der Waals surface area contributed by atoms with Crippen molar-refractivity contribution in [3.8, 4) is 5.75 Å². The standard InChI is InChI=1S/C15H15ClO2S/c1-9-4-5-15(13(16)6-9)18-8-14(17)12-7-10(2)19-11(12)3/h4-7H,8H2,1-3H3. The molecule has 4 heteroatoms. The Kier molecular flexibility index (Phi) is 4.27. The van der Waals surface area contributed by atoms with Gasteiger partial charge in [-0.3, -0.25) is 4.79 Å². The van der Waals surface area contributed by atoms with Gasteiger partial charge in [0, 0.05) is 15.3 Å². The van der Waals surface area contributed by atoms with Crippen LogP contribution in [0.5, 0.6) is 5.75 Å². The Labute approximate surface area is 122 Å². The summed E-state index contributed by atoms with van der Waals surface area (Å²) in [6.07, 6.45) is 0. The highest BCUT2D eigenvalue weighted by Crippen LogP contribution is 2.26.